The molecule has 0 bridgehead atoms. The van der Waals surface area contributed by atoms with Gasteiger partial charge < -0.3 is 0 Å². The molecule has 2 aliphatic heterocycles. The Morgan fingerprint density at radius 3 is 2.80 bits per heavy atom. The van der Waals surface area contributed by atoms with Gasteiger partial charge >= 0.3 is 99.4 Å². The Bertz CT molecular complexity index is 380. The number of nitrogens with zero attached hydrogens (tertiary/aromatic N) is 1. The number of halogens is 1. The maximum atomic E-state index is 11.6. The van der Waals surface area contributed by atoms with Gasteiger partial charge in [0.25, 0.3) is 0 Å². The molecule has 6 heteroatoms. The summed E-state index contributed by atoms with van der Waals surface area (Å²) in [4.78, 5) is 23.9. The molecule has 1 fully saturated rings. The molecule has 4 nitrogen and oxygen atoms in total. The van der Waals surface area contributed by atoms with E-state index in [-0.39, 0.29) is 11.9 Å². The van der Waals surface area contributed by atoms with Crippen LogP contribution in [0.4, 0.5) is 4.79 Å². The second-order valence-electron chi connectivity index (χ2n) is 3.65. The third kappa shape index (κ3) is 2.23. The average molecular weight is 328 g/mol. The van der Waals surface area contributed by atoms with Crippen molar-refractivity contribution in [2.24, 2.45) is 0 Å². The number of hydrogen-bond acceptors (Lipinski definition) is 2. The van der Waals surface area contributed by atoms with Gasteiger partial charge in [-0.15, -0.1) is 0 Å². The Balaban J connectivity index is 2.03. The number of nitrogens with one attached hydrogen (secondary N) is 1. The van der Waals surface area contributed by atoms with Crippen LogP contribution >= 0.6 is 8.58 Å². The van der Waals surface area contributed by atoms with E-state index in [1.54, 1.807) is 0 Å². The molecule has 1 atom stereocenters. The monoisotopic (exact) mass is 328 g/mol. The van der Waals surface area contributed by atoms with Crippen molar-refractivity contribution in [2.75, 3.05) is 7.05 Å². The summed E-state index contributed by atoms with van der Waals surface area (Å²) < 4.78 is 4.14. The van der Waals surface area contributed by atoms with E-state index < -0.39 is 26.3 Å². The van der Waals surface area contributed by atoms with Crippen molar-refractivity contribution in [3.8, 4) is 0 Å². The third-order valence-electron chi connectivity index (χ3n) is 2.54. The van der Waals surface area contributed by atoms with Gasteiger partial charge in [-0.1, -0.05) is 0 Å². The SMILES string of the molecule is CN1C(=O)NC(CC2=[CH][In]([Cl])[CH]=C2)C1=O. The molecule has 1 unspecified atom stereocenters. The van der Waals surface area contributed by atoms with Crippen LogP contribution in [-0.2, 0) is 4.79 Å². The number of likely N-dealkylation sites (N-methyl/N-ethyl adjacent to an activating group) is 1. The van der Waals surface area contributed by atoms with Crippen molar-refractivity contribution in [3.63, 3.8) is 0 Å². The van der Waals surface area contributed by atoms with Crippen molar-refractivity contribution in [1.29, 1.82) is 0 Å². The first-order valence-electron chi connectivity index (χ1n) is 4.69. The van der Waals surface area contributed by atoms with Crippen LogP contribution in [0.1, 0.15) is 6.42 Å². The Labute approximate surface area is 99.1 Å². The first-order chi connectivity index (χ1) is 7.08. The summed E-state index contributed by atoms with van der Waals surface area (Å²) in [6.45, 7) is 0. The zero-order valence-electron chi connectivity index (χ0n) is 8.24. The summed E-state index contributed by atoms with van der Waals surface area (Å²) in [6, 6.07) is -0.731. The van der Waals surface area contributed by atoms with E-state index in [0.29, 0.717) is 6.42 Å². The number of imide groups is 1. The Morgan fingerprint density at radius 1 is 1.60 bits per heavy atom. The van der Waals surface area contributed by atoms with Crippen LogP contribution in [0.5, 0.6) is 0 Å². The van der Waals surface area contributed by atoms with E-state index in [1.165, 1.54) is 7.05 Å². The predicted octanol–water partition coefficient (Wildman–Crippen LogP) is 0.732. The predicted molar refractivity (Wildman–Crippen MR) is 58.5 cm³/mol. The summed E-state index contributed by atoms with van der Waals surface area (Å²) in [5, 5.41) is 2.64. The second-order valence-corrected chi connectivity index (χ2v) is 11.6. The summed E-state index contributed by atoms with van der Waals surface area (Å²) in [7, 11) is 7.54. The van der Waals surface area contributed by atoms with Crippen LogP contribution in [-0.4, -0.2) is 50.2 Å². The number of carbonyl (C=O) groups excluding carboxylic acids is 2. The van der Waals surface area contributed by atoms with E-state index in [9.17, 15) is 9.59 Å². The van der Waals surface area contributed by atoms with Gasteiger partial charge in [-0.25, -0.2) is 0 Å². The molecule has 3 amide bonds. The van der Waals surface area contributed by atoms with Crippen LogP contribution in [0, 0.1) is 0 Å². The van der Waals surface area contributed by atoms with Gasteiger partial charge in [0.05, 0.1) is 0 Å². The van der Waals surface area contributed by atoms with E-state index in [1.807, 2.05) is 6.08 Å². The number of allylic oxidation sites excluding steroid dienone is 1. The molecule has 0 aromatic heterocycles. The molecule has 78 valence electrons. The third-order valence-corrected chi connectivity index (χ3v) is 8.09. The van der Waals surface area contributed by atoms with Gasteiger partial charge in [-0.05, 0) is 0 Å². The van der Waals surface area contributed by atoms with Gasteiger partial charge in [-0.3, -0.25) is 0 Å². The van der Waals surface area contributed by atoms with Crippen LogP contribution < -0.4 is 5.32 Å². The number of hydrogen-bond donors (Lipinski definition) is 1. The summed E-state index contributed by atoms with van der Waals surface area (Å²) in [6.07, 6.45) is 2.54. The molecule has 0 saturated carbocycles. The Hall–Kier alpha value is -0.420. The Kier molecular flexibility index (Phi) is 3.11. The van der Waals surface area contributed by atoms with Crippen LogP contribution in [0.15, 0.2) is 19.3 Å². The molecular formula is C9H10ClInN2O2. The van der Waals surface area contributed by atoms with E-state index in [2.05, 4.69) is 13.0 Å². The molecule has 0 aliphatic carbocycles. The molecule has 1 saturated heterocycles. The Morgan fingerprint density at radius 2 is 2.33 bits per heavy atom. The molecular weight excluding hydrogens is 318 g/mol. The van der Waals surface area contributed by atoms with Crippen molar-refractivity contribution in [1.82, 2.24) is 10.2 Å². The summed E-state index contributed by atoms with van der Waals surface area (Å²) in [5.74, 6) is -0.164. The van der Waals surface area contributed by atoms with Gasteiger partial charge in [-0.2, -0.15) is 0 Å². The van der Waals surface area contributed by atoms with Crippen molar-refractivity contribution in [2.45, 2.75) is 12.5 Å². The average Bonchev–Trinajstić information content (AvgIpc) is 2.68. The molecule has 0 aromatic rings. The molecule has 2 heterocycles. The quantitative estimate of drug-likeness (QED) is 0.760. The molecule has 0 spiro atoms. The van der Waals surface area contributed by atoms with Crippen LogP contribution in [0.2, 0.25) is 0 Å². The molecule has 0 aromatic carbocycles. The molecule has 2 aliphatic rings. The van der Waals surface area contributed by atoms with Crippen LogP contribution in [0.25, 0.3) is 0 Å². The fraction of sp³-hybridized carbons (Fsp3) is 0.333. The molecule has 0 radical (unpaired) electrons. The van der Waals surface area contributed by atoms with Gasteiger partial charge in [0.1, 0.15) is 0 Å². The first-order valence-corrected chi connectivity index (χ1v) is 12.7. The normalized spacial score (nSPS) is 24.9. The van der Waals surface area contributed by atoms with Crippen LogP contribution in [0.3, 0.4) is 0 Å². The molecule has 15 heavy (non-hydrogen) atoms. The molecule has 2 rings (SSSR count). The minimum atomic E-state index is -1.96. The first kappa shape index (κ1) is 11.1. The van der Waals surface area contributed by atoms with Gasteiger partial charge in [0.15, 0.2) is 0 Å². The molecule has 1 N–H and O–H groups in total. The van der Waals surface area contributed by atoms with E-state index in [4.69, 9.17) is 8.58 Å². The summed E-state index contributed by atoms with van der Waals surface area (Å²) >= 11 is -1.96. The zero-order valence-corrected chi connectivity index (χ0v) is 12.3. The minimum absolute atomic E-state index is 0.164. The number of rotatable bonds is 2. The zero-order chi connectivity index (χ0) is 11.0. The van der Waals surface area contributed by atoms with Crippen molar-refractivity contribution in [3.05, 3.63) is 19.3 Å². The fourth-order valence-electron chi connectivity index (χ4n) is 1.68. The number of carbonyl (C=O) groups is 2. The number of amides is 3. The van der Waals surface area contributed by atoms with Crippen molar-refractivity contribution >= 4 is 40.8 Å². The second kappa shape index (κ2) is 4.22. The standard InChI is InChI=1S/C9H10N2O2.ClH.In/c1-4-6(2)5-7-8(12)11(3)9(13)10-7;;/h1-2,4,7H,5H2,3H3,(H,10,13);1H;/q;;+1/p-1. The maximum absolute atomic E-state index is 11.6. The van der Waals surface area contributed by atoms with E-state index >= 15 is 0 Å². The number of urea groups is 1. The van der Waals surface area contributed by atoms with Gasteiger partial charge in [0.2, 0.25) is 0 Å². The topological polar surface area (TPSA) is 49.4 Å². The van der Waals surface area contributed by atoms with Crippen molar-refractivity contribution < 1.29 is 9.59 Å². The van der Waals surface area contributed by atoms with Gasteiger partial charge in [0, 0.05) is 0 Å². The fourth-order valence-corrected chi connectivity index (χ4v) is 6.68. The van der Waals surface area contributed by atoms with E-state index in [0.717, 1.165) is 10.5 Å². The summed E-state index contributed by atoms with van der Waals surface area (Å²) in [5.41, 5.74) is 1.08.